The monoisotopic (exact) mass is 543 g/mol. The van der Waals surface area contributed by atoms with Gasteiger partial charge in [-0.25, -0.2) is 4.99 Å². The van der Waals surface area contributed by atoms with Gasteiger partial charge in [-0.15, -0.1) is 0 Å². The van der Waals surface area contributed by atoms with E-state index in [4.69, 9.17) is 10.5 Å². The van der Waals surface area contributed by atoms with Crippen LogP contribution in [0.3, 0.4) is 0 Å². The number of halogens is 3. The van der Waals surface area contributed by atoms with E-state index in [1.54, 1.807) is 36.7 Å². The minimum Gasteiger partial charge on any atom is -0.480 e. The number of amides is 2. The van der Waals surface area contributed by atoms with Crippen LogP contribution in [0.4, 0.5) is 13.2 Å². The molecule has 3 heterocycles. The van der Waals surface area contributed by atoms with Crippen molar-refractivity contribution < 1.29 is 27.5 Å². The van der Waals surface area contributed by atoms with E-state index < -0.39 is 47.7 Å². The number of nitrogens with two attached hydrogens (primary N) is 1. The summed E-state index contributed by atoms with van der Waals surface area (Å²) in [4.78, 5) is 37.3. The largest absolute Gasteiger partial charge is 0.480 e. The predicted octanol–water partition coefficient (Wildman–Crippen LogP) is 4.29. The molecule has 2 aliphatic heterocycles. The van der Waals surface area contributed by atoms with Crippen molar-refractivity contribution in [1.82, 2.24) is 15.2 Å². The van der Waals surface area contributed by atoms with Crippen LogP contribution in [0.5, 0.6) is 5.75 Å². The molecule has 11 heteroatoms. The predicted molar refractivity (Wildman–Crippen MR) is 137 cm³/mol. The minimum absolute atomic E-state index is 0.0679. The Labute approximate surface area is 224 Å². The average Bonchev–Trinajstić information content (AvgIpc) is 3.41. The van der Waals surface area contributed by atoms with Gasteiger partial charge in [-0.3, -0.25) is 19.5 Å². The number of carbonyl (C=O) groups excluding carboxylic acids is 2. The van der Waals surface area contributed by atoms with Gasteiger partial charge in [0.05, 0.1) is 24.0 Å². The topological polar surface area (TPSA) is 110 Å². The van der Waals surface area contributed by atoms with Gasteiger partial charge in [-0.1, -0.05) is 38.1 Å². The van der Waals surface area contributed by atoms with Crippen LogP contribution in [0.25, 0.3) is 0 Å². The molecule has 39 heavy (non-hydrogen) atoms. The highest BCUT2D eigenvalue weighted by molar-refractivity contribution is 5.99. The van der Waals surface area contributed by atoms with Crippen LogP contribution in [0, 0.1) is 17.3 Å². The number of hydrogen-bond donors (Lipinski definition) is 2. The summed E-state index contributed by atoms with van der Waals surface area (Å²) < 4.78 is 46.1. The van der Waals surface area contributed by atoms with Crippen molar-refractivity contribution in [3.63, 3.8) is 0 Å². The van der Waals surface area contributed by atoms with Gasteiger partial charge < -0.3 is 15.8 Å². The normalized spacial score (nSPS) is 28.0. The SMILES string of the molecule is CC1(C)CC(=O)N([C@@H](c2cccnc2)[C@@H]2[C@@H](C(=O)N[C@H]3C[C@H](C(F)(F)F)Oc4ccccc43)C2(C)C)C(N)=N1. The summed E-state index contributed by atoms with van der Waals surface area (Å²) in [5.74, 6) is -1.41. The van der Waals surface area contributed by atoms with Crippen molar-refractivity contribution in [2.24, 2.45) is 28.0 Å². The molecule has 1 fully saturated rings. The summed E-state index contributed by atoms with van der Waals surface area (Å²) in [5, 5.41) is 2.87. The highest BCUT2D eigenvalue weighted by Gasteiger charge is 2.67. The van der Waals surface area contributed by atoms with E-state index in [0.29, 0.717) is 11.1 Å². The number of nitrogens with zero attached hydrogens (tertiary/aromatic N) is 3. The summed E-state index contributed by atoms with van der Waals surface area (Å²) in [6.07, 6.45) is -3.66. The van der Waals surface area contributed by atoms with Crippen molar-refractivity contribution in [2.75, 3.05) is 0 Å². The summed E-state index contributed by atoms with van der Waals surface area (Å²) in [5.41, 5.74) is 6.28. The molecular formula is C28H32F3N5O3. The number of para-hydroxylation sites is 1. The molecule has 2 aromatic rings. The molecule has 1 saturated carbocycles. The zero-order valence-electron chi connectivity index (χ0n) is 22.2. The van der Waals surface area contributed by atoms with Gasteiger partial charge in [-0.05, 0) is 37.0 Å². The maximum absolute atomic E-state index is 13.7. The number of pyridine rings is 1. The van der Waals surface area contributed by atoms with Gasteiger partial charge in [0.25, 0.3) is 0 Å². The maximum atomic E-state index is 13.7. The van der Waals surface area contributed by atoms with Crippen LogP contribution in [0.15, 0.2) is 53.8 Å². The number of carbonyl (C=O) groups is 2. The van der Waals surface area contributed by atoms with Crippen molar-refractivity contribution in [2.45, 2.75) is 70.4 Å². The highest BCUT2D eigenvalue weighted by Crippen LogP contribution is 2.65. The summed E-state index contributed by atoms with van der Waals surface area (Å²) in [7, 11) is 0. The summed E-state index contributed by atoms with van der Waals surface area (Å²) >= 11 is 0. The van der Waals surface area contributed by atoms with Gasteiger partial charge in [0.1, 0.15) is 5.75 Å². The third-order valence-corrected chi connectivity index (χ3v) is 8.05. The molecule has 0 saturated heterocycles. The Hall–Kier alpha value is -3.63. The van der Waals surface area contributed by atoms with E-state index in [1.807, 2.05) is 33.8 Å². The van der Waals surface area contributed by atoms with Crippen LogP contribution in [0.2, 0.25) is 0 Å². The fraction of sp³-hybridized carbons (Fsp3) is 0.500. The number of hydrogen-bond acceptors (Lipinski definition) is 6. The van der Waals surface area contributed by atoms with Crippen LogP contribution in [-0.4, -0.2) is 45.5 Å². The number of nitrogens with one attached hydrogen (secondary N) is 1. The van der Waals surface area contributed by atoms with Crippen LogP contribution in [-0.2, 0) is 9.59 Å². The Morgan fingerprint density at radius 1 is 1.18 bits per heavy atom. The molecule has 0 radical (unpaired) electrons. The van der Waals surface area contributed by atoms with E-state index in [1.165, 1.54) is 11.0 Å². The molecule has 0 unspecified atom stereocenters. The first kappa shape index (κ1) is 27.0. The number of fused-ring (bicyclic) bond motifs is 1. The zero-order chi connectivity index (χ0) is 28.3. The van der Waals surface area contributed by atoms with E-state index in [9.17, 15) is 22.8 Å². The highest BCUT2D eigenvalue weighted by atomic mass is 19.4. The lowest BCUT2D eigenvalue weighted by Gasteiger charge is -2.38. The molecular weight excluding hydrogens is 511 g/mol. The van der Waals surface area contributed by atoms with E-state index >= 15 is 0 Å². The Balaban J connectivity index is 1.46. The Bertz CT molecular complexity index is 1310. The Kier molecular flexibility index (Phi) is 6.38. The molecule has 2 amide bonds. The molecule has 1 aromatic carbocycles. The number of aliphatic imine (C=N–C) groups is 1. The lowest BCUT2D eigenvalue weighted by molar-refractivity contribution is -0.201. The van der Waals surface area contributed by atoms with Crippen molar-refractivity contribution >= 4 is 17.8 Å². The second-order valence-corrected chi connectivity index (χ2v) is 11.8. The second kappa shape index (κ2) is 9.24. The van der Waals surface area contributed by atoms with E-state index in [-0.39, 0.29) is 35.9 Å². The number of ether oxygens (including phenoxy) is 1. The van der Waals surface area contributed by atoms with Gasteiger partial charge in [0, 0.05) is 36.2 Å². The van der Waals surface area contributed by atoms with E-state index in [0.717, 1.165) is 0 Å². The van der Waals surface area contributed by atoms with Crippen LogP contribution >= 0.6 is 0 Å². The van der Waals surface area contributed by atoms with Gasteiger partial charge in [0.2, 0.25) is 11.8 Å². The second-order valence-electron chi connectivity index (χ2n) is 11.8. The number of guanidine groups is 1. The lowest BCUT2D eigenvalue weighted by Crippen LogP contribution is -2.52. The average molecular weight is 544 g/mol. The molecule has 3 N–H and O–H groups in total. The number of rotatable bonds is 5. The molecule has 5 rings (SSSR count). The standard InChI is InChI=1S/C28H32F3N5O3/c1-26(2)13-20(37)36(25(32)35-26)23(15-8-7-11-33-14-15)21-22(27(21,3)4)24(38)34-17-12-19(28(29,30)31)39-18-10-6-5-9-16(17)18/h5-11,14,17,19,21-23H,12-13H2,1-4H3,(H2,32,35)(H,34,38)/t17-,19+,21-,22-,23-/m0/s1. The summed E-state index contributed by atoms with van der Waals surface area (Å²) in [6.45, 7) is 7.47. The Morgan fingerprint density at radius 3 is 2.54 bits per heavy atom. The first-order valence-corrected chi connectivity index (χ1v) is 12.9. The number of benzene rings is 1. The fourth-order valence-corrected chi connectivity index (χ4v) is 6.14. The minimum atomic E-state index is -4.58. The van der Waals surface area contributed by atoms with Crippen LogP contribution in [0.1, 0.15) is 63.7 Å². The van der Waals surface area contributed by atoms with Crippen LogP contribution < -0.4 is 15.8 Å². The molecule has 1 aliphatic carbocycles. The maximum Gasteiger partial charge on any atom is 0.425 e. The fourth-order valence-electron chi connectivity index (χ4n) is 6.14. The number of alkyl halides is 3. The van der Waals surface area contributed by atoms with Crippen molar-refractivity contribution in [3.8, 4) is 5.75 Å². The molecule has 208 valence electrons. The van der Waals surface area contributed by atoms with Crippen molar-refractivity contribution in [1.29, 1.82) is 0 Å². The van der Waals surface area contributed by atoms with Crippen molar-refractivity contribution in [3.05, 3.63) is 59.9 Å². The third kappa shape index (κ3) is 4.94. The molecule has 3 aliphatic rings. The molecule has 5 atom stereocenters. The number of aromatic nitrogens is 1. The summed E-state index contributed by atoms with van der Waals surface area (Å²) in [6, 6.07) is 8.49. The van der Waals surface area contributed by atoms with Gasteiger partial charge in [-0.2, -0.15) is 13.2 Å². The quantitative estimate of drug-likeness (QED) is 0.585. The third-order valence-electron chi connectivity index (χ3n) is 8.05. The molecule has 8 nitrogen and oxygen atoms in total. The van der Waals surface area contributed by atoms with E-state index in [2.05, 4.69) is 15.3 Å². The Morgan fingerprint density at radius 2 is 1.90 bits per heavy atom. The lowest BCUT2D eigenvalue weighted by atomic mass is 9.93. The van der Waals surface area contributed by atoms with Gasteiger partial charge in [0.15, 0.2) is 12.1 Å². The smallest absolute Gasteiger partial charge is 0.425 e. The molecule has 0 bridgehead atoms. The first-order valence-electron chi connectivity index (χ1n) is 12.9. The molecule has 0 spiro atoms. The molecule has 1 aromatic heterocycles. The van der Waals surface area contributed by atoms with Gasteiger partial charge >= 0.3 is 6.18 Å². The zero-order valence-corrected chi connectivity index (χ0v) is 22.2. The first-order chi connectivity index (χ1) is 18.2.